The number of thioether (sulfide) groups is 1. The molecule has 0 bridgehead atoms. The third kappa shape index (κ3) is 5.11. The summed E-state index contributed by atoms with van der Waals surface area (Å²) in [7, 11) is 3.04. The van der Waals surface area contributed by atoms with Gasteiger partial charge >= 0.3 is 4.87 Å². The number of benzene rings is 3. The zero-order valence-electron chi connectivity index (χ0n) is 23.3. The maximum Gasteiger partial charge on any atom is 0.308 e. The van der Waals surface area contributed by atoms with Crippen LogP contribution in [-0.4, -0.2) is 41.8 Å². The summed E-state index contributed by atoms with van der Waals surface area (Å²) in [4.78, 5) is 56.0. The zero-order chi connectivity index (χ0) is 30.4. The summed E-state index contributed by atoms with van der Waals surface area (Å²) >= 11 is 8.21. The Kier molecular flexibility index (Phi) is 7.80. The first-order valence-electron chi connectivity index (χ1n) is 13.3. The minimum atomic E-state index is -0.826. The van der Waals surface area contributed by atoms with Crippen molar-refractivity contribution in [3.05, 3.63) is 97.4 Å². The van der Waals surface area contributed by atoms with Crippen LogP contribution in [0.4, 0.5) is 11.4 Å². The molecule has 2 aliphatic rings. The second-order valence-electron chi connectivity index (χ2n) is 10.1. The first kappa shape index (κ1) is 29.0. The van der Waals surface area contributed by atoms with Crippen molar-refractivity contribution in [3.8, 4) is 11.5 Å². The lowest BCUT2D eigenvalue weighted by Crippen LogP contribution is -2.33. The number of para-hydroxylation sites is 1. The number of amides is 3. The van der Waals surface area contributed by atoms with Crippen molar-refractivity contribution in [2.75, 3.05) is 24.4 Å². The Hall–Kier alpha value is -4.06. The van der Waals surface area contributed by atoms with Crippen molar-refractivity contribution < 1.29 is 23.9 Å². The summed E-state index contributed by atoms with van der Waals surface area (Å²) < 4.78 is 12.4. The highest BCUT2D eigenvalue weighted by atomic mass is 35.5. The fraction of sp³-hybridized carbons (Fsp3) is 0.226. The quantitative estimate of drug-likeness (QED) is 0.274. The maximum atomic E-state index is 14.1. The molecule has 0 spiro atoms. The van der Waals surface area contributed by atoms with Crippen molar-refractivity contribution >= 4 is 63.8 Å². The Balaban J connectivity index is 1.44. The average molecular weight is 636 g/mol. The predicted octanol–water partition coefficient (Wildman–Crippen LogP) is 5.32. The fourth-order valence-corrected chi connectivity index (χ4v) is 8.45. The van der Waals surface area contributed by atoms with E-state index < -0.39 is 23.0 Å². The number of halogens is 1. The number of aryl methyl sites for hydroxylation is 1. The molecule has 0 aliphatic carbocycles. The summed E-state index contributed by atoms with van der Waals surface area (Å²) in [5, 5.41) is 3.02. The Bertz CT molecular complexity index is 1820. The number of aromatic nitrogens is 1. The van der Waals surface area contributed by atoms with Crippen molar-refractivity contribution in [2.24, 2.45) is 5.92 Å². The lowest BCUT2D eigenvalue weighted by molar-refractivity contribution is -0.122. The van der Waals surface area contributed by atoms with Gasteiger partial charge in [-0.15, -0.1) is 0 Å². The number of thiazole rings is 1. The molecular formula is C31H26ClN3O6S2. The molecule has 12 heteroatoms. The molecule has 3 aromatic carbocycles. The number of carbonyl (C=O) groups excluding carboxylic acids is 3. The predicted molar refractivity (Wildman–Crippen MR) is 167 cm³/mol. The molecule has 9 nitrogen and oxygen atoms in total. The number of hydrogen-bond acceptors (Lipinski definition) is 8. The van der Waals surface area contributed by atoms with E-state index in [-0.39, 0.29) is 23.2 Å². The molecule has 0 radical (unpaired) electrons. The second-order valence-corrected chi connectivity index (χ2v) is 12.7. The van der Waals surface area contributed by atoms with E-state index in [4.69, 9.17) is 21.1 Å². The molecule has 4 aromatic rings. The molecule has 2 unspecified atom stereocenters. The van der Waals surface area contributed by atoms with E-state index in [9.17, 15) is 19.2 Å². The molecule has 1 aromatic heterocycles. The van der Waals surface area contributed by atoms with Gasteiger partial charge in [0.1, 0.15) is 11.8 Å². The molecule has 220 valence electrons. The number of rotatable bonds is 7. The lowest BCUT2D eigenvalue weighted by Gasteiger charge is -2.31. The number of methoxy groups -OCH3 is 2. The van der Waals surface area contributed by atoms with Crippen molar-refractivity contribution in [1.29, 1.82) is 0 Å². The SMILES string of the molecule is COc1ccc([C@H]2c3sc(=O)n(CC(=O)Nc4ccccc4C)c3SC3C(=O)N(c4ccc(Cl)cc4)C(=O)C32)cc1OC. The molecule has 0 saturated carbocycles. The number of imide groups is 1. The molecule has 43 heavy (non-hydrogen) atoms. The standard InChI is InChI=1S/C31H26ClN3O6S2/c1-16-6-4-5-7-20(16)33-23(36)15-34-30-27(43-31(34)39)24(17-8-13-21(40-2)22(14-17)41-3)25-26(42-30)29(38)35(28(25)37)19-11-9-18(32)10-12-19/h4-14,24-26H,15H2,1-3H3,(H,33,36)/t24-,25?,26?/m1/s1. The van der Waals surface area contributed by atoms with Gasteiger partial charge < -0.3 is 14.8 Å². The van der Waals surface area contributed by atoms with Crippen LogP contribution in [0.2, 0.25) is 5.02 Å². The van der Waals surface area contributed by atoms with Crippen molar-refractivity contribution in [2.45, 2.75) is 29.7 Å². The lowest BCUT2D eigenvalue weighted by atomic mass is 9.83. The number of nitrogens with one attached hydrogen (secondary N) is 1. The van der Waals surface area contributed by atoms with Crippen LogP contribution in [0.25, 0.3) is 0 Å². The Morgan fingerprint density at radius 2 is 1.67 bits per heavy atom. The van der Waals surface area contributed by atoms with Gasteiger partial charge in [0.2, 0.25) is 17.7 Å². The number of hydrogen-bond donors (Lipinski definition) is 1. The summed E-state index contributed by atoms with van der Waals surface area (Å²) in [5.41, 5.74) is 2.64. The van der Waals surface area contributed by atoms with Gasteiger partial charge in [-0.3, -0.25) is 23.7 Å². The molecule has 2 aliphatic heterocycles. The van der Waals surface area contributed by atoms with Crippen LogP contribution in [-0.2, 0) is 20.9 Å². The first-order valence-corrected chi connectivity index (χ1v) is 15.4. The Morgan fingerprint density at radius 3 is 2.37 bits per heavy atom. The fourth-order valence-electron chi connectivity index (χ4n) is 5.55. The van der Waals surface area contributed by atoms with Crippen LogP contribution in [0.1, 0.15) is 21.9 Å². The highest BCUT2D eigenvalue weighted by Crippen LogP contribution is 2.54. The van der Waals surface area contributed by atoms with Gasteiger partial charge in [-0.05, 0) is 60.5 Å². The van der Waals surface area contributed by atoms with Crippen LogP contribution in [0.5, 0.6) is 11.5 Å². The third-order valence-corrected chi connectivity index (χ3v) is 10.5. The van der Waals surface area contributed by atoms with E-state index in [1.165, 1.54) is 23.7 Å². The number of ether oxygens (including phenoxy) is 2. The maximum absolute atomic E-state index is 14.1. The van der Waals surface area contributed by atoms with Crippen LogP contribution in [0, 0.1) is 12.8 Å². The smallest absolute Gasteiger partial charge is 0.308 e. The normalized spacial score (nSPS) is 19.2. The molecule has 6 rings (SSSR count). The third-order valence-electron chi connectivity index (χ3n) is 7.62. The van der Waals surface area contributed by atoms with Gasteiger partial charge in [0.25, 0.3) is 0 Å². The number of anilines is 2. The summed E-state index contributed by atoms with van der Waals surface area (Å²) in [5.74, 6) is -1.64. The minimum Gasteiger partial charge on any atom is -0.493 e. The van der Waals surface area contributed by atoms with Crippen LogP contribution < -0.4 is 24.6 Å². The van der Waals surface area contributed by atoms with Gasteiger partial charge in [-0.1, -0.05) is 59.0 Å². The molecule has 1 saturated heterocycles. The van der Waals surface area contributed by atoms with Gasteiger partial charge in [-0.25, -0.2) is 4.90 Å². The van der Waals surface area contributed by atoms with E-state index in [1.807, 2.05) is 31.2 Å². The molecular weight excluding hydrogens is 610 g/mol. The van der Waals surface area contributed by atoms with Gasteiger partial charge in [0.15, 0.2) is 11.5 Å². The average Bonchev–Trinajstić information content (AvgIpc) is 3.44. The van der Waals surface area contributed by atoms with E-state index in [2.05, 4.69) is 5.32 Å². The molecule has 1 N–H and O–H groups in total. The van der Waals surface area contributed by atoms with Crippen LogP contribution in [0.3, 0.4) is 0 Å². The van der Waals surface area contributed by atoms with Gasteiger partial charge in [0, 0.05) is 21.5 Å². The summed E-state index contributed by atoms with van der Waals surface area (Å²) in [6.07, 6.45) is 0. The molecule has 3 amide bonds. The second kappa shape index (κ2) is 11.6. The monoisotopic (exact) mass is 635 g/mol. The molecule has 1 fully saturated rings. The summed E-state index contributed by atoms with van der Waals surface area (Å²) in [6, 6.07) is 19.2. The molecule has 3 atom stereocenters. The Labute approximate surface area is 260 Å². The van der Waals surface area contributed by atoms with Crippen molar-refractivity contribution in [1.82, 2.24) is 4.57 Å². The Morgan fingerprint density at radius 1 is 0.953 bits per heavy atom. The van der Waals surface area contributed by atoms with E-state index in [0.717, 1.165) is 28.7 Å². The molecule has 3 heterocycles. The first-order chi connectivity index (χ1) is 20.7. The number of carbonyl (C=O) groups is 3. The van der Waals surface area contributed by atoms with Gasteiger partial charge in [0.05, 0.1) is 30.9 Å². The topological polar surface area (TPSA) is 107 Å². The van der Waals surface area contributed by atoms with Crippen molar-refractivity contribution in [3.63, 3.8) is 0 Å². The highest BCUT2D eigenvalue weighted by molar-refractivity contribution is 8.00. The minimum absolute atomic E-state index is 0.245. The highest BCUT2D eigenvalue weighted by Gasteiger charge is 2.57. The zero-order valence-corrected chi connectivity index (χ0v) is 25.7. The van der Waals surface area contributed by atoms with Gasteiger partial charge in [-0.2, -0.15) is 0 Å². The number of nitrogens with zero attached hydrogens (tertiary/aromatic N) is 2. The van der Waals surface area contributed by atoms with Crippen LogP contribution in [0.15, 0.2) is 76.6 Å². The largest absolute Gasteiger partial charge is 0.493 e. The van der Waals surface area contributed by atoms with E-state index in [1.54, 1.807) is 42.5 Å². The van der Waals surface area contributed by atoms with Crippen LogP contribution >= 0.6 is 34.7 Å². The number of fused-ring (bicyclic) bond motifs is 2. The summed E-state index contributed by atoms with van der Waals surface area (Å²) in [6.45, 7) is 1.64. The van der Waals surface area contributed by atoms with E-state index >= 15 is 0 Å². The van der Waals surface area contributed by atoms with E-state index in [0.29, 0.717) is 43.4 Å².